The number of carbonyl (C=O) groups excluding carboxylic acids is 3. The monoisotopic (exact) mass is 418 g/mol. The van der Waals surface area contributed by atoms with Crippen LogP contribution in [0, 0.1) is 0 Å². The van der Waals surface area contributed by atoms with Gasteiger partial charge in [0.15, 0.2) is 6.61 Å². The molecule has 0 radical (unpaired) electrons. The summed E-state index contributed by atoms with van der Waals surface area (Å²) in [5.41, 5.74) is 2.13. The van der Waals surface area contributed by atoms with Crippen molar-refractivity contribution in [1.82, 2.24) is 0 Å². The van der Waals surface area contributed by atoms with E-state index >= 15 is 0 Å². The van der Waals surface area contributed by atoms with Crippen LogP contribution < -0.4 is 15.4 Å². The zero-order valence-corrected chi connectivity index (χ0v) is 17.0. The topological polar surface area (TPSA) is 93.7 Å². The number of ether oxygens (including phenoxy) is 2. The van der Waals surface area contributed by atoms with Crippen molar-refractivity contribution < 1.29 is 23.9 Å². The quantitative estimate of drug-likeness (QED) is 0.539. The van der Waals surface area contributed by atoms with E-state index < -0.39 is 18.5 Å². The van der Waals surface area contributed by atoms with Crippen LogP contribution in [0.3, 0.4) is 0 Å². The first kappa shape index (κ1) is 21.6. The van der Waals surface area contributed by atoms with Gasteiger partial charge >= 0.3 is 5.97 Å². The van der Waals surface area contributed by atoms with Gasteiger partial charge in [-0.3, -0.25) is 9.59 Å². The second-order valence-corrected chi connectivity index (χ2v) is 6.64. The van der Waals surface area contributed by atoms with Crippen LogP contribution in [0.2, 0.25) is 0 Å². The van der Waals surface area contributed by atoms with Crippen LogP contribution in [-0.4, -0.2) is 24.4 Å². The number of esters is 1. The number of hydrogen-bond donors (Lipinski definition) is 2. The van der Waals surface area contributed by atoms with Crippen LogP contribution in [0.25, 0.3) is 0 Å². The Balaban J connectivity index is 1.53. The van der Waals surface area contributed by atoms with Gasteiger partial charge in [0.1, 0.15) is 12.4 Å². The summed E-state index contributed by atoms with van der Waals surface area (Å²) in [7, 11) is 0. The summed E-state index contributed by atoms with van der Waals surface area (Å²) in [6, 6.07) is 22.8. The van der Waals surface area contributed by atoms with Crippen molar-refractivity contribution in [2.75, 3.05) is 17.2 Å². The van der Waals surface area contributed by atoms with E-state index in [1.807, 2.05) is 30.3 Å². The molecule has 0 heterocycles. The predicted octanol–water partition coefficient (Wildman–Crippen LogP) is 4.02. The van der Waals surface area contributed by atoms with E-state index in [9.17, 15) is 14.4 Å². The second kappa shape index (κ2) is 10.6. The fraction of sp³-hybridized carbons (Fsp3) is 0.125. The normalized spacial score (nSPS) is 10.1. The lowest BCUT2D eigenvalue weighted by atomic mass is 10.1. The number of benzene rings is 3. The average Bonchev–Trinajstić information content (AvgIpc) is 2.78. The molecule has 0 aliphatic heterocycles. The minimum atomic E-state index is -0.608. The van der Waals surface area contributed by atoms with Crippen molar-refractivity contribution in [2.45, 2.75) is 13.5 Å². The summed E-state index contributed by atoms with van der Waals surface area (Å²) in [5.74, 6) is -0.574. The largest absolute Gasteiger partial charge is 0.489 e. The molecule has 0 spiro atoms. The lowest BCUT2D eigenvalue weighted by molar-refractivity contribution is -0.119. The number of para-hydroxylation sites is 1. The highest BCUT2D eigenvalue weighted by atomic mass is 16.5. The molecule has 0 saturated heterocycles. The van der Waals surface area contributed by atoms with E-state index in [1.165, 1.54) is 6.92 Å². The third-order valence-electron chi connectivity index (χ3n) is 4.20. The number of carbonyl (C=O) groups is 3. The Kier molecular flexibility index (Phi) is 7.37. The first-order valence-corrected chi connectivity index (χ1v) is 9.61. The van der Waals surface area contributed by atoms with Crippen LogP contribution in [0.15, 0.2) is 78.9 Å². The highest BCUT2D eigenvalue weighted by molar-refractivity contribution is 5.96. The second-order valence-electron chi connectivity index (χ2n) is 6.64. The molecule has 7 heteroatoms. The average molecular weight is 418 g/mol. The highest BCUT2D eigenvalue weighted by Crippen LogP contribution is 2.16. The van der Waals surface area contributed by atoms with E-state index in [0.29, 0.717) is 28.3 Å². The molecule has 0 aliphatic rings. The summed E-state index contributed by atoms with van der Waals surface area (Å²) in [6.45, 7) is 1.18. The van der Waals surface area contributed by atoms with Crippen molar-refractivity contribution in [3.8, 4) is 5.75 Å². The van der Waals surface area contributed by atoms with Gasteiger partial charge in [-0.1, -0.05) is 36.4 Å². The maximum absolute atomic E-state index is 12.5. The van der Waals surface area contributed by atoms with Gasteiger partial charge in [0, 0.05) is 23.9 Å². The Hall–Kier alpha value is -4.13. The van der Waals surface area contributed by atoms with Gasteiger partial charge in [-0.15, -0.1) is 0 Å². The van der Waals surface area contributed by atoms with E-state index in [0.717, 1.165) is 0 Å². The number of rotatable bonds is 8. The Labute approximate surface area is 180 Å². The maximum atomic E-state index is 12.5. The van der Waals surface area contributed by atoms with Gasteiger partial charge in [0.25, 0.3) is 5.91 Å². The molecule has 3 aromatic carbocycles. The fourth-order valence-electron chi connectivity index (χ4n) is 2.77. The summed E-state index contributed by atoms with van der Waals surface area (Å²) < 4.78 is 10.9. The van der Waals surface area contributed by atoms with Crippen molar-refractivity contribution in [3.05, 3.63) is 90.0 Å². The number of amides is 2. The van der Waals surface area contributed by atoms with E-state index in [4.69, 9.17) is 9.47 Å². The Morgan fingerprint density at radius 1 is 0.774 bits per heavy atom. The van der Waals surface area contributed by atoms with Crippen LogP contribution in [0.4, 0.5) is 11.4 Å². The molecular formula is C24H22N2O5. The van der Waals surface area contributed by atoms with Crippen molar-refractivity contribution in [1.29, 1.82) is 0 Å². The standard InChI is InChI=1S/C24H22N2O5/c1-17(27)25-19-11-13-20(14-12-19)26-23(28)16-31-24(29)22-10-6-5-7-18(22)15-30-21-8-3-2-4-9-21/h2-14H,15-16H2,1H3,(H,25,27)(H,26,28). The van der Waals surface area contributed by atoms with Crippen LogP contribution in [-0.2, 0) is 20.9 Å². The molecule has 2 amide bonds. The van der Waals surface area contributed by atoms with E-state index in [1.54, 1.807) is 48.5 Å². The Morgan fingerprint density at radius 3 is 2.06 bits per heavy atom. The fourth-order valence-corrected chi connectivity index (χ4v) is 2.77. The Morgan fingerprint density at radius 2 is 1.39 bits per heavy atom. The first-order chi connectivity index (χ1) is 15.0. The van der Waals surface area contributed by atoms with Gasteiger partial charge in [-0.25, -0.2) is 4.79 Å². The zero-order valence-electron chi connectivity index (χ0n) is 17.0. The molecule has 0 saturated carbocycles. The highest BCUT2D eigenvalue weighted by Gasteiger charge is 2.15. The molecule has 2 N–H and O–H groups in total. The maximum Gasteiger partial charge on any atom is 0.339 e. The number of hydrogen-bond acceptors (Lipinski definition) is 5. The van der Waals surface area contributed by atoms with Crippen LogP contribution >= 0.6 is 0 Å². The van der Waals surface area contributed by atoms with Crippen LogP contribution in [0.1, 0.15) is 22.8 Å². The lowest BCUT2D eigenvalue weighted by Gasteiger charge is -2.11. The van der Waals surface area contributed by atoms with E-state index in [2.05, 4.69) is 10.6 Å². The molecule has 0 fully saturated rings. The molecule has 7 nitrogen and oxygen atoms in total. The van der Waals surface area contributed by atoms with Crippen LogP contribution in [0.5, 0.6) is 5.75 Å². The number of anilines is 2. The van der Waals surface area contributed by atoms with Gasteiger partial charge < -0.3 is 20.1 Å². The van der Waals surface area contributed by atoms with E-state index in [-0.39, 0.29) is 12.5 Å². The molecule has 0 bridgehead atoms. The third kappa shape index (κ3) is 6.71. The third-order valence-corrected chi connectivity index (χ3v) is 4.20. The summed E-state index contributed by atoms with van der Waals surface area (Å²) in [6.07, 6.45) is 0. The van der Waals surface area contributed by atoms with Gasteiger partial charge in [-0.05, 0) is 42.5 Å². The summed E-state index contributed by atoms with van der Waals surface area (Å²) in [4.78, 5) is 35.6. The predicted molar refractivity (Wildman–Crippen MR) is 117 cm³/mol. The minimum Gasteiger partial charge on any atom is -0.489 e. The summed E-state index contributed by atoms with van der Waals surface area (Å²) >= 11 is 0. The molecule has 3 aromatic rings. The summed E-state index contributed by atoms with van der Waals surface area (Å²) in [5, 5.41) is 5.28. The van der Waals surface area contributed by atoms with Crippen molar-refractivity contribution in [3.63, 3.8) is 0 Å². The van der Waals surface area contributed by atoms with Crippen molar-refractivity contribution in [2.24, 2.45) is 0 Å². The Bertz CT molecular complexity index is 1050. The number of nitrogens with one attached hydrogen (secondary N) is 2. The first-order valence-electron chi connectivity index (χ1n) is 9.61. The molecule has 0 atom stereocenters. The molecule has 158 valence electrons. The molecule has 0 unspecified atom stereocenters. The van der Waals surface area contributed by atoms with Gasteiger partial charge in [0.2, 0.25) is 5.91 Å². The lowest BCUT2D eigenvalue weighted by Crippen LogP contribution is -2.21. The minimum absolute atomic E-state index is 0.182. The SMILES string of the molecule is CC(=O)Nc1ccc(NC(=O)COC(=O)c2ccccc2COc2ccccc2)cc1. The smallest absolute Gasteiger partial charge is 0.339 e. The van der Waals surface area contributed by atoms with Gasteiger partial charge in [-0.2, -0.15) is 0 Å². The van der Waals surface area contributed by atoms with Gasteiger partial charge in [0.05, 0.1) is 5.56 Å². The molecular weight excluding hydrogens is 396 g/mol. The zero-order chi connectivity index (χ0) is 22.1. The molecule has 0 aliphatic carbocycles. The molecule has 31 heavy (non-hydrogen) atoms. The molecule has 0 aromatic heterocycles. The van der Waals surface area contributed by atoms with Crippen molar-refractivity contribution >= 4 is 29.2 Å². The molecule has 3 rings (SSSR count).